The van der Waals surface area contributed by atoms with E-state index < -0.39 is 0 Å². The summed E-state index contributed by atoms with van der Waals surface area (Å²) in [7, 11) is 1.38. The molecule has 0 saturated heterocycles. The van der Waals surface area contributed by atoms with E-state index in [1.165, 1.54) is 7.11 Å². The first-order valence-corrected chi connectivity index (χ1v) is 5.48. The number of hydrogen-bond donors (Lipinski definition) is 1. The summed E-state index contributed by atoms with van der Waals surface area (Å²) < 4.78 is 4.67. The Morgan fingerprint density at radius 3 is 2.59 bits per heavy atom. The molecule has 0 unspecified atom stereocenters. The van der Waals surface area contributed by atoms with Crippen molar-refractivity contribution in [2.24, 2.45) is 11.7 Å². The zero-order valence-corrected chi connectivity index (χ0v) is 11.3. The normalized spacial score (nSPS) is 11.8. The van der Waals surface area contributed by atoms with Crippen LogP contribution in [-0.2, 0) is 4.74 Å². The summed E-state index contributed by atoms with van der Waals surface area (Å²) in [5.41, 5.74) is 7.59. The lowest BCUT2D eigenvalue weighted by Gasteiger charge is -2.14. The van der Waals surface area contributed by atoms with Crippen LogP contribution < -0.4 is 5.73 Å². The van der Waals surface area contributed by atoms with E-state index in [0.29, 0.717) is 11.5 Å². The maximum atomic E-state index is 11.3. The number of esters is 1. The third-order valence-corrected chi connectivity index (χ3v) is 2.46. The summed E-state index contributed by atoms with van der Waals surface area (Å²) in [6.07, 6.45) is 0.907. The molecule has 0 amide bonds. The van der Waals surface area contributed by atoms with Crippen LogP contribution in [-0.4, -0.2) is 13.1 Å². The van der Waals surface area contributed by atoms with E-state index in [4.69, 9.17) is 5.73 Å². The lowest BCUT2D eigenvalue weighted by molar-refractivity contribution is 0.0600. The molecular weight excluding hydrogens is 238 g/mol. The molecule has 0 spiro atoms. The third-order valence-electron chi connectivity index (χ3n) is 2.46. The Labute approximate surface area is 109 Å². The lowest BCUT2D eigenvalue weighted by Crippen LogP contribution is -2.13. The average Bonchev–Trinajstić information content (AvgIpc) is 2.27. The van der Waals surface area contributed by atoms with Gasteiger partial charge in [0.15, 0.2) is 0 Å². The van der Waals surface area contributed by atoms with Gasteiger partial charge in [0.2, 0.25) is 0 Å². The molecule has 1 rings (SSSR count). The van der Waals surface area contributed by atoms with Crippen molar-refractivity contribution in [3.63, 3.8) is 0 Å². The summed E-state index contributed by atoms with van der Waals surface area (Å²) in [5.74, 6) is 0.218. The van der Waals surface area contributed by atoms with Crippen LogP contribution in [0.25, 0.3) is 0 Å². The number of carbonyl (C=O) groups is 1. The fourth-order valence-corrected chi connectivity index (χ4v) is 1.66. The van der Waals surface area contributed by atoms with Gasteiger partial charge in [-0.25, -0.2) is 4.79 Å². The van der Waals surface area contributed by atoms with Crippen molar-refractivity contribution in [3.05, 3.63) is 35.4 Å². The van der Waals surface area contributed by atoms with E-state index in [-0.39, 0.29) is 24.4 Å². The van der Waals surface area contributed by atoms with Crippen LogP contribution >= 0.6 is 12.4 Å². The molecule has 0 radical (unpaired) electrons. The molecule has 4 heteroatoms. The number of rotatable bonds is 4. The van der Waals surface area contributed by atoms with E-state index in [2.05, 4.69) is 18.6 Å². The number of nitrogens with two attached hydrogens (primary N) is 1. The fraction of sp³-hybridized carbons (Fsp3) is 0.462. The third kappa shape index (κ3) is 4.75. The molecule has 2 N–H and O–H groups in total. The lowest BCUT2D eigenvalue weighted by atomic mass is 9.96. The minimum absolute atomic E-state index is 0. The van der Waals surface area contributed by atoms with Gasteiger partial charge in [-0.3, -0.25) is 0 Å². The number of benzene rings is 1. The Morgan fingerprint density at radius 1 is 1.41 bits per heavy atom. The quantitative estimate of drug-likeness (QED) is 0.844. The highest BCUT2D eigenvalue weighted by Gasteiger charge is 2.11. The first kappa shape index (κ1) is 15.9. The standard InChI is InChI=1S/C13H19NO2.ClH/c1-9(2)7-12(14)10-5-4-6-11(8-10)13(15)16-3;/h4-6,8-9,12H,7,14H2,1-3H3;1H/t12-;/m0./s1. The maximum Gasteiger partial charge on any atom is 0.337 e. The predicted molar refractivity (Wildman–Crippen MR) is 71.4 cm³/mol. The molecule has 0 saturated carbocycles. The topological polar surface area (TPSA) is 52.3 Å². The first-order valence-electron chi connectivity index (χ1n) is 5.48. The monoisotopic (exact) mass is 257 g/mol. The molecule has 0 aliphatic carbocycles. The van der Waals surface area contributed by atoms with Gasteiger partial charge in [0.25, 0.3) is 0 Å². The Hall–Kier alpha value is -1.06. The molecule has 1 aromatic carbocycles. The second-order valence-corrected chi connectivity index (χ2v) is 4.35. The highest BCUT2D eigenvalue weighted by molar-refractivity contribution is 5.89. The van der Waals surface area contributed by atoms with Gasteiger partial charge in [-0.1, -0.05) is 26.0 Å². The Bertz CT molecular complexity index is 366. The zero-order valence-electron chi connectivity index (χ0n) is 10.5. The van der Waals surface area contributed by atoms with Gasteiger partial charge >= 0.3 is 5.97 Å². The molecule has 0 fully saturated rings. The molecule has 0 bridgehead atoms. The van der Waals surface area contributed by atoms with Crippen LogP contribution in [0, 0.1) is 5.92 Å². The van der Waals surface area contributed by atoms with E-state index in [1.807, 2.05) is 12.1 Å². The van der Waals surface area contributed by atoms with Crippen LogP contribution in [0.2, 0.25) is 0 Å². The second-order valence-electron chi connectivity index (χ2n) is 4.35. The van der Waals surface area contributed by atoms with Crippen LogP contribution in [0.15, 0.2) is 24.3 Å². The SMILES string of the molecule is COC(=O)c1cccc([C@@H](N)CC(C)C)c1.Cl. The summed E-state index contributed by atoms with van der Waals surface area (Å²) in [5, 5.41) is 0. The number of methoxy groups -OCH3 is 1. The summed E-state index contributed by atoms with van der Waals surface area (Å²) in [6, 6.07) is 7.29. The number of halogens is 1. The summed E-state index contributed by atoms with van der Waals surface area (Å²) in [4.78, 5) is 11.3. The van der Waals surface area contributed by atoms with Gasteiger partial charge in [0, 0.05) is 6.04 Å². The largest absolute Gasteiger partial charge is 0.465 e. The molecule has 96 valence electrons. The van der Waals surface area contributed by atoms with Crippen molar-refractivity contribution < 1.29 is 9.53 Å². The average molecular weight is 258 g/mol. The van der Waals surface area contributed by atoms with Gasteiger partial charge in [0.05, 0.1) is 12.7 Å². The molecule has 0 aromatic heterocycles. The molecule has 1 aromatic rings. The Morgan fingerprint density at radius 2 is 2.06 bits per heavy atom. The van der Waals surface area contributed by atoms with E-state index in [0.717, 1.165) is 12.0 Å². The van der Waals surface area contributed by atoms with Crippen molar-refractivity contribution >= 4 is 18.4 Å². The highest BCUT2D eigenvalue weighted by Crippen LogP contribution is 2.19. The predicted octanol–water partition coefficient (Wildman–Crippen LogP) is 2.94. The minimum Gasteiger partial charge on any atom is -0.465 e. The molecule has 1 atom stereocenters. The minimum atomic E-state index is -0.321. The first-order chi connectivity index (χ1) is 7.54. The highest BCUT2D eigenvalue weighted by atomic mass is 35.5. The molecular formula is C13H20ClNO2. The smallest absolute Gasteiger partial charge is 0.337 e. The van der Waals surface area contributed by atoms with Crippen LogP contribution in [0.1, 0.15) is 42.2 Å². The maximum absolute atomic E-state index is 11.3. The number of carbonyl (C=O) groups excluding carboxylic acids is 1. The Balaban J connectivity index is 0.00000256. The fourth-order valence-electron chi connectivity index (χ4n) is 1.66. The van der Waals surface area contributed by atoms with Gasteiger partial charge in [-0.05, 0) is 30.0 Å². The molecule has 17 heavy (non-hydrogen) atoms. The van der Waals surface area contributed by atoms with Gasteiger partial charge in [0.1, 0.15) is 0 Å². The Kier molecular flexibility index (Phi) is 6.85. The van der Waals surface area contributed by atoms with Crippen molar-refractivity contribution in [1.29, 1.82) is 0 Å². The number of ether oxygens (including phenoxy) is 1. The van der Waals surface area contributed by atoms with E-state index in [9.17, 15) is 4.79 Å². The van der Waals surface area contributed by atoms with Crippen molar-refractivity contribution in [3.8, 4) is 0 Å². The van der Waals surface area contributed by atoms with Crippen molar-refractivity contribution in [2.45, 2.75) is 26.3 Å². The molecule has 0 aliphatic rings. The van der Waals surface area contributed by atoms with Crippen molar-refractivity contribution in [1.82, 2.24) is 0 Å². The summed E-state index contributed by atoms with van der Waals surface area (Å²) in [6.45, 7) is 4.26. The van der Waals surface area contributed by atoms with Crippen LogP contribution in [0.4, 0.5) is 0 Å². The van der Waals surface area contributed by atoms with Gasteiger partial charge < -0.3 is 10.5 Å². The molecule has 0 aliphatic heterocycles. The molecule has 0 heterocycles. The number of hydrogen-bond acceptors (Lipinski definition) is 3. The van der Waals surface area contributed by atoms with E-state index >= 15 is 0 Å². The molecule has 3 nitrogen and oxygen atoms in total. The van der Waals surface area contributed by atoms with Crippen LogP contribution in [0.5, 0.6) is 0 Å². The second kappa shape index (κ2) is 7.30. The van der Waals surface area contributed by atoms with Crippen molar-refractivity contribution in [2.75, 3.05) is 7.11 Å². The zero-order chi connectivity index (χ0) is 12.1. The van der Waals surface area contributed by atoms with Gasteiger partial charge in [-0.2, -0.15) is 0 Å². The van der Waals surface area contributed by atoms with E-state index in [1.54, 1.807) is 12.1 Å². The summed E-state index contributed by atoms with van der Waals surface area (Å²) >= 11 is 0. The van der Waals surface area contributed by atoms with Gasteiger partial charge in [-0.15, -0.1) is 12.4 Å². The van der Waals surface area contributed by atoms with Crippen LogP contribution in [0.3, 0.4) is 0 Å².